The lowest BCUT2D eigenvalue weighted by Gasteiger charge is -2.13. The third kappa shape index (κ3) is 10.9. The van der Waals surface area contributed by atoms with Gasteiger partial charge in [0.1, 0.15) is 11.6 Å². The van der Waals surface area contributed by atoms with Crippen LogP contribution in [0.1, 0.15) is 20.8 Å². The molecule has 0 atom stereocenters. The van der Waals surface area contributed by atoms with Gasteiger partial charge in [-0.1, -0.05) is 20.8 Å². The lowest BCUT2D eigenvalue weighted by Crippen LogP contribution is -2.22. The molecule has 0 fully saturated rings. The molecule has 0 aliphatic rings. The standard InChI is InChI=1S/C6H15N.C2H8N4/c1-4-7(5-2)6-3;3-1(4)2(5)6/h4-6H2,1-3H3;3-6H2. The molecule has 0 aromatic rings. The van der Waals surface area contributed by atoms with Crippen LogP contribution in [0.3, 0.4) is 0 Å². The number of rotatable bonds is 3. The van der Waals surface area contributed by atoms with Gasteiger partial charge in [0.15, 0.2) is 0 Å². The summed E-state index contributed by atoms with van der Waals surface area (Å²) in [6.07, 6.45) is 0. The van der Waals surface area contributed by atoms with Gasteiger partial charge in [0.2, 0.25) is 0 Å². The van der Waals surface area contributed by atoms with Crippen molar-refractivity contribution in [3.05, 3.63) is 11.6 Å². The molecule has 0 spiro atoms. The fourth-order valence-corrected chi connectivity index (χ4v) is 0.671. The van der Waals surface area contributed by atoms with Crippen LogP contribution in [0.15, 0.2) is 11.6 Å². The van der Waals surface area contributed by atoms with Gasteiger partial charge in [-0.05, 0) is 19.6 Å². The fraction of sp³-hybridized carbons (Fsp3) is 0.750. The van der Waals surface area contributed by atoms with Gasteiger partial charge in [0.05, 0.1) is 0 Å². The Morgan fingerprint density at radius 1 is 0.769 bits per heavy atom. The molecule has 0 bridgehead atoms. The van der Waals surface area contributed by atoms with E-state index < -0.39 is 0 Å². The van der Waals surface area contributed by atoms with E-state index in [0.29, 0.717) is 0 Å². The number of hydrogen-bond acceptors (Lipinski definition) is 5. The zero-order valence-electron chi connectivity index (χ0n) is 8.88. The first kappa shape index (κ1) is 14.4. The van der Waals surface area contributed by atoms with E-state index in [1.165, 1.54) is 19.6 Å². The summed E-state index contributed by atoms with van der Waals surface area (Å²) < 4.78 is 0. The van der Waals surface area contributed by atoms with Crippen molar-refractivity contribution in [2.24, 2.45) is 22.9 Å². The van der Waals surface area contributed by atoms with Crippen molar-refractivity contribution in [2.45, 2.75) is 20.8 Å². The van der Waals surface area contributed by atoms with Gasteiger partial charge in [0.25, 0.3) is 0 Å². The predicted molar refractivity (Wildman–Crippen MR) is 57.2 cm³/mol. The fourth-order valence-electron chi connectivity index (χ4n) is 0.671. The number of hydrogen-bond donors (Lipinski definition) is 4. The highest BCUT2D eigenvalue weighted by Gasteiger charge is 1.89. The average Bonchev–Trinajstić information content (AvgIpc) is 2.08. The Kier molecular flexibility index (Phi) is 9.98. The third-order valence-electron chi connectivity index (χ3n) is 1.67. The summed E-state index contributed by atoms with van der Waals surface area (Å²) in [5, 5.41) is 0. The quantitative estimate of drug-likeness (QED) is 0.469. The van der Waals surface area contributed by atoms with Crippen LogP contribution in [-0.2, 0) is 0 Å². The van der Waals surface area contributed by atoms with Crippen molar-refractivity contribution in [1.82, 2.24) is 4.90 Å². The minimum Gasteiger partial charge on any atom is -0.383 e. The van der Waals surface area contributed by atoms with Crippen LogP contribution < -0.4 is 22.9 Å². The Morgan fingerprint density at radius 3 is 1.00 bits per heavy atom. The second-order valence-electron chi connectivity index (χ2n) is 2.53. The first-order chi connectivity index (χ1) is 5.99. The highest BCUT2D eigenvalue weighted by atomic mass is 15.1. The molecule has 0 radical (unpaired) electrons. The first-order valence-corrected chi connectivity index (χ1v) is 4.47. The van der Waals surface area contributed by atoms with Gasteiger partial charge in [-0.25, -0.2) is 0 Å². The molecule has 0 aromatic carbocycles. The molecule has 0 saturated heterocycles. The summed E-state index contributed by atoms with van der Waals surface area (Å²) in [5.41, 5.74) is 19.4. The monoisotopic (exact) mass is 189 g/mol. The van der Waals surface area contributed by atoms with Crippen molar-refractivity contribution in [2.75, 3.05) is 19.6 Å². The molecule has 0 aromatic heterocycles. The lowest BCUT2D eigenvalue weighted by molar-refractivity contribution is 0.321. The van der Waals surface area contributed by atoms with E-state index in [1.807, 2.05) is 0 Å². The van der Waals surface area contributed by atoms with Gasteiger partial charge >= 0.3 is 0 Å². The van der Waals surface area contributed by atoms with E-state index in [1.54, 1.807) is 0 Å². The van der Waals surface area contributed by atoms with Crippen LogP contribution in [0.25, 0.3) is 0 Å². The van der Waals surface area contributed by atoms with Crippen LogP contribution in [-0.4, -0.2) is 24.5 Å². The van der Waals surface area contributed by atoms with Gasteiger partial charge in [0, 0.05) is 0 Å². The second kappa shape index (κ2) is 8.99. The van der Waals surface area contributed by atoms with Gasteiger partial charge in [-0.15, -0.1) is 0 Å². The predicted octanol–water partition coefficient (Wildman–Crippen LogP) is -0.704. The summed E-state index contributed by atoms with van der Waals surface area (Å²) >= 11 is 0. The third-order valence-corrected chi connectivity index (χ3v) is 1.67. The Balaban J connectivity index is 0. The molecule has 5 nitrogen and oxygen atoms in total. The summed E-state index contributed by atoms with van der Waals surface area (Å²) in [7, 11) is 0. The Labute approximate surface area is 80.7 Å². The van der Waals surface area contributed by atoms with Crippen LogP contribution in [0.4, 0.5) is 0 Å². The Morgan fingerprint density at radius 2 is 1.00 bits per heavy atom. The maximum atomic E-state index is 4.84. The highest BCUT2D eigenvalue weighted by Crippen LogP contribution is 1.81. The molecule has 0 rings (SSSR count). The topological polar surface area (TPSA) is 107 Å². The summed E-state index contributed by atoms with van der Waals surface area (Å²) in [6.45, 7) is 10.1. The maximum absolute atomic E-state index is 4.84. The largest absolute Gasteiger partial charge is 0.383 e. The maximum Gasteiger partial charge on any atom is 0.134 e. The molecule has 0 heterocycles. The molecule has 80 valence electrons. The van der Waals surface area contributed by atoms with Crippen molar-refractivity contribution >= 4 is 0 Å². The lowest BCUT2D eigenvalue weighted by atomic mass is 10.5. The van der Waals surface area contributed by atoms with Gasteiger partial charge in [-0.3, -0.25) is 0 Å². The smallest absolute Gasteiger partial charge is 0.134 e. The molecule has 0 amide bonds. The van der Waals surface area contributed by atoms with E-state index in [0.717, 1.165) is 0 Å². The summed E-state index contributed by atoms with van der Waals surface area (Å²) in [4.78, 5) is 2.38. The van der Waals surface area contributed by atoms with Crippen LogP contribution >= 0.6 is 0 Å². The average molecular weight is 189 g/mol. The molecule has 8 N–H and O–H groups in total. The van der Waals surface area contributed by atoms with Crippen LogP contribution in [0.5, 0.6) is 0 Å². The van der Waals surface area contributed by atoms with Gasteiger partial charge < -0.3 is 27.8 Å². The first-order valence-electron chi connectivity index (χ1n) is 4.47. The molecule has 0 aliphatic heterocycles. The molecule has 0 aliphatic carbocycles. The summed E-state index contributed by atoms with van der Waals surface area (Å²) in [5.74, 6) is -0.0370. The molecule has 0 saturated carbocycles. The zero-order chi connectivity index (χ0) is 10.9. The SMILES string of the molecule is CCN(CC)CC.NC(N)=C(N)N. The minimum atomic E-state index is -0.0185. The zero-order valence-corrected chi connectivity index (χ0v) is 8.88. The van der Waals surface area contributed by atoms with E-state index in [2.05, 4.69) is 25.7 Å². The highest BCUT2D eigenvalue weighted by molar-refractivity contribution is 4.96. The minimum absolute atomic E-state index is 0.0185. The Bertz CT molecular complexity index is 116. The Hall–Kier alpha value is -1.10. The van der Waals surface area contributed by atoms with E-state index in [9.17, 15) is 0 Å². The molecule has 13 heavy (non-hydrogen) atoms. The van der Waals surface area contributed by atoms with Gasteiger partial charge in [-0.2, -0.15) is 0 Å². The molecular formula is C8H23N5. The molecule has 5 heteroatoms. The van der Waals surface area contributed by atoms with E-state index in [-0.39, 0.29) is 11.6 Å². The van der Waals surface area contributed by atoms with Crippen LogP contribution in [0, 0.1) is 0 Å². The van der Waals surface area contributed by atoms with Crippen molar-refractivity contribution < 1.29 is 0 Å². The van der Waals surface area contributed by atoms with Crippen molar-refractivity contribution in [3.63, 3.8) is 0 Å². The normalized spacial score (nSPS) is 8.92. The molecule has 0 unspecified atom stereocenters. The van der Waals surface area contributed by atoms with Crippen LogP contribution in [0.2, 0.25) is 0 Å². The number of nitrogens with zero attached hydrogens (tertiary/aromatic N) is 1. The second-order valence-corrected chi connectivity index (χ2v) is 2.53. The summed E-state index contributed by atoms with van der Waals surface area (Å²) in [6, 6.07) is 0. The molecular weight excluding hydrogens is 166 g/mol. The van der Waals surface area contributed by atoms with E-state index in [4.69, 9.17) is 22.9 Å². The van der Waals surface area contributed by atoms with Crippen molar-refractivity contribution in [1.29, 1.82) is 0 Å². The van der Waals surface area contributed by atoms with E-state index >= 15 is 0 Å². The van der Waals surface area contributed by atoms with Crippen molar-refractivity contribution in [3.8, 4) is 0 Å². The number of nitrogens with two attached hydrogens (primary N) is 4.